The summed E-state index contributed by atoms with van der Waals surface area (Å²) in [7, 11) is 1.44. The van der Waals surface area contributed by atoms with Gasteiger partial charge in [0.1, 0.15) is 17.5 Å². The van der Waals surface area contributed by atoms with E-state index in [1.54, 1.807) is 56.3 Å². The number of hydrogen-bond acceptors (Lipinski definition) is 7. The molecule has 178 valence electrons. The topological polar surface area (TPSA) is 129 Å². The van der Waals surface area contributed by atoms with Gasteiger partial charge in [-0.1, -0.05) is 36.4 Å². The van der Waals surface area contributed by atoms with Crippen molar-refractivity contribution in [3.63, 3.8) is 0 Å². The van der Waals surface area contributed by atoms with E-state index in [9.17, 15) is 24.6 Å². The van der Waals surface area contributed by atoms with Crippen LogP contribution in [0.3, 0.4) is 0 Å². The number of phenolic OH excluding ortho intramolecular Hbond substituents is 1. The van der Waals surface area contributed by atoms with Gasteiger partial charge in [-0.15, -0.1) is 11.8 Å². The molecule has 0 spiro atoms. The summed E-state index contributed by atoms with van der Waals surface area (Å²) in [5.41, 5.74) is 0.974. The molecular weight excluding hydrogens is 458 g/mol. The number of hydrogen-bond donors (Lipinski definition) is 3. The summed E-state index contributed by atoms with van der Waals surface area (Å²) in [5, 5.41) is 22.2. The minimum Gasteiger partial charge on any atom is -0.504 e. The van der Waals surface area contributed by atoms with Crippen LogP contribution in [0, 0.1) is 0 Å². The van der Waals surface area contributed by atoms with Gasteiger partial charge in [0.2, 0.25) is 11.8 Å². The predicted molar refractivity (Wildman–Crippen MR) is 127 cm³/mol. The molecule has 1 unspecified atom stereocenters. The number of carboxylic acid groups (broad SMARTS) is 1. The van der Waals surface area contributed by atoms with Crippen LogP contribution in [0.4, 0.5) is 0 Å². The van der Waals surface area contributed by atoms with Gasteiger partial charge in [-0.3, -0.25) is 14.6 Å². The highest BCUT2D eigenvalue weighted by Gasteiger charge is 2.64. The van der Waals surface area contributed by atoms with E-state index in [2.05, 4.69) is 10.3 Å². The van der Waals surface area contributed by atoms with Gasteiger partial charge in [0.05, 0.1) is 7.11 Å². The lowest BCUT2D eigenvalue weighted by Crippen LogP contribution is -2.70. The van der Waals surface area contributed by atoms with E-state index in [0.29, 0.717) is 11.1 Å². The molecule has 4 atom stereocenters. The van der Waals surface area contributed by atoms with E-state index in [1.165, 1.54) is 30.0 Å². The number of carboxylic acids is 1. The molecule has 2 aromatic rings. The Morgan fingerprint density at radius 2 is 1.91 bits per heavy atom. The van der Waals surface area contributed by atoms with Crippen LogP contribution in [0.5, 0.6) is 11.5 Å². The summed E-state index contributed by atoms with van der Waals surface area (Å²) in [5.74, 6) is -1.82. The molecule has 0 saturated carbocycles. The zero-order valence-corrected chi connectivity index (χ0v) is 19.7. The second kappa shape index (κ2) is 9.02. The lowest BCUT2D eigenvalue weighted by atomic mass is 9.95. The summed E-state index contributed by atoms with van der Waals surface area (Å²) >= 11 is 1.36. The number of carbonyl (C=O) groups excluding carboxylic acids is 2. The van der Waals surface area contributed by atoms with E-state index < -0.39 is 46.0 Å². The van der Waals surface area contributed by atoms with Crippen LogP contribution in [-0.2, 0) is 14.4 Å². The molecule has 9 nitrogen and oxygen atoms in total. The van der Waals surface area contributed by atoms with Crippen LogP contribution in [0.15, 0.2) is 53.5 Å². The lowest BCUT2D eigenvalue weighted by Gasteiger charge is -2.43. The third-order valence-electron chi connectivity index (χ3n) is 5.95. The smallest absolute Gasteiger partial charge is 0.327 e. The van der Waals surface area contributed by atoms with Gasteiger partial charge in [0, 0.05) is 16.5 Å². The number of carbonyl (C=O) groups is 3. The average Bonchev–Trinajstić information content (AvgIpc) is 3.07. The Morgan fingerprint density at radius 1 is 1.21 bits per heavy atom. The van der Waals surface area contributed by atoms with Gasteiger partial charge < -0.3 is 25.2 Å². The van der Waals surface area contributed by atoms with Crippen LogP contribution in [0.2, 0.25) is 0 Å². The van der Waals surface area contributed by atoms with Gasteiger partial charge in [0.25, 0.3) is 0 Å². The van der Waals surface area contributed by atoms with Crippen molar-refractivity contribution in [2.45, 2.75) is 42.1 Å². The number of nitrogens with zero attached hydrogens (tertiary/aromatic N) is 2. The Hall–Kier alpha value is -3.53. The van der Waals surface area contributed by atoms with Gasteiger partial charge in [-0.25, -0.2) is 4.79 Å². The first kappa shape index (κ1) is 23.6. The number of amides is 2. The molecule has 34 heavy (non-hydrogen) atoms. The predicted octanol–water partition coefficient (Wildman–Crippen LogP) is 2.19. The fraction of sp³-hybridized carbons (Fsp3) is 0.333. The summed E-state index contributed by atoms with van der Waals surface area (Å²) in [6, 6.07) is 11.0. The van der Waals surface area contributed by atoms with Crippen LogP contribution >= 0.6 is 11.8 Å². The second-order valence-electron chi connectivity index (χ2n) is 8.57. The number of aliphatic carboxylic acids is 1. The molecule has 0 aromatic heterocycles. The largest absolute Gasteiger partial charge is 0.504 e. The van der Waals surface area contributed by atoms with Crippen molar-refractivity contribution in [3.05, 3.63) is 59.7 Å². The monoisotopic (exact) mass is 483 g/mol. The van der Waals surface area contributed by atoms with Crippen LogP contribution in [-0.4, -0.2) is 68.4 Å². The lowest BCUT2D eigenvalue weighted by molar-refractivity contribution is -0.161. The number of benzene rings is 2. The Labute approximate surface area is 200 Å². The molecule has 2 amide bonds. The van der Waals surface area contributed by atoms with Gasteiger partial charge in [-0.2, -0.15) is 0 Å². The zero-order valence-electron chi connectivity index (χ0n) is 18.8. The number of nitrogens with one attached hydrogen (secondary N) is 1. The van der Waals surface area contributed by atoms with Gasteiger partial charge in [-0.05, 0) is 31.5 Å². The van der Waals surface area contributed by atoms with Crippen molar-refractivity contribution in [1.82, 2.24) is 10.2 Å². The molecular formula is C24H25N3O6S. The third-order valence-corrected chi connectivity index (χ3v) is 7.52. The minimum absolute atomic E-state index is 0.102. The number of aromatic hydroxyl groups is 1. The first-order chi connectivity index (χ1) is 16.2. The third kappa shape index (κ3) is 4.09. The number of β-lactam (4-membered cyclic amide) rings is 1. The molecule has 2 fully saturated rings. The number of ether oxygens (including phenoxy) is 1. The van der Waals surface area contributed by atoms with E-state index >= 15 is 0 Å². The van der Waals surface area contributed by atoms with Crippen LogP contribution < -0.4 is 10.1 Å². The maximum absolute atomic E-state index is 13.3. The van der Waals surface area contributed by atoms with Gasteiger partial charge >= 0.3 is 5.97 Å². The number of fused-ring (bicyclic) bond motifs is 1. The molecule has 10 heteroatoms. The SMILES string of the molecule is COc1cccc(C=NC(C(=O)N[C@@H]2C(=O)N3[C@@H]2SC(C)(C)[C@@H]3C(=O)O)c2ccccc2)c1O. The molecule has 0 aliphatic carbocycles. The van der Waals surface area contributed by atoms with E-state index in [1.807, 2.05) is 6.07 Å². The summed E-state index contributed by atoms with van der Waals surface area (Å²) < 4.78 is 4.43. The Morgan fingerprint density at radius 3 is 2.56 bits per heavy atom. The van der Waals surface area contributed by atoms with Crippen molar-refractivity contribution in [3.8, 4) is 11.5 Å². The fourth-order valence-corrected chi connectivity index (χ4v) is 5.91. The van der Waals surface area contributed by atoms with Crippen molar-refractivity contribution >= 4 is 35.8 Å². The highest BCUT2D eigenvalue weighted by atomic mass is 32.2. The molecule has 2 aliphatic heterocycles. The summed E-state index contributed by atoms with van der Waals surface area (Å²) in [6.45, 7) is 3.55. The van der Waals surface area contributed by atoms with Crippen LogP contribution in [0.25, 0.3) is 0 Å². The Kier molecular flexibility index (Phi) is 6.26. The molecule has 0 radical (unpaired) electrons. The quantitative estimate of drug-likeness (QED) is 0.407. The minimum atomic E-state index is -1.07. The first-order valence-corrected chi connectivity index (χ1v) is 11.5. The Balaban J connectivity index is 1.57. The first-order valence-electron chi connectivity index (χ1n) is 10.6. The highest BCUT2D eigenvalue weighted by Crippen LogP contribution is 2.50. The van der Waals surface area contributed by atoms with E-state index in [0.717, 1.165) is 0 Å². The Bertz CT molecular complexity index is 1150. The normalized spacial score (nSPS) is 23.8. The molecule has 0 bridgehead atoms. The molecule has 2 heterocycles. The fourth-order valence-electron chi connectivity index (χ4n) is 4.28. The number of methoxy groups -OCH3 is 1. The second-order valence-corrected chi connectivity index (χ2v) is 10.3. The molecule has 2 aliphatic rings. The van der Waals surface area contributed by atoms with Crippen molar-refractivity contribution in [2.24, 2.45) is 4.99 Å². The summed E-state index contributed by atoms with van der Waals surface area (Å²) in [4.78, 5) is 43.5. The molecule has 4 rings (SSSR count). The average molecular weight is 484 g/mol. The number of para-hydroxylation sites is 1. The maximum Gasteiger partial charge on any atom is 0.327 e. The number of aliphatic imine (C=N–C) groups is 1. The number of phenols is 1. The van der Waals surface area contributed by atoms with Crippen LogP contribution in [0.1, 0.15) is 31.0 Å². The molecule has 2 aromatic carbocycles. The van der Waals surface area contributed by atoms with E-state index in [4.69, 9.17) is 4.74 Å². The standard InChI is InChI=1S/C24H25N3O6S/c1-24(2)19(23(31)32)27-21(30)17(22(27)34-24)26-20(29)16(13-8-5-4-6-9-13)25-12-14-10-7-11-15(33-3)18(14)28/h4-12,16-17,19,22,28H,1-3H3,(H,26,29)(H,31,32)/t16?,17-,19+,22-/m1/s1. The number of rotatable bonds is 7. The van der Waals surface area contributed by atoms with Crippen molar-refractivity contribution < 1.29 is 29.3 Å². The zero-order chi connectivity index (χ0) is 24.6. The molecule has 2 saturated heterocycles. The van der Waals surface area contributed by atoms with Crippen molar-refractivity contribution in [2.75, 3.05) is 7.11 Å². The molecule has 3 N–H and O–H groups in total. The maximum atomic E-state index is 13.3. The highest BCUT2D eigenvalue weighted by molar-refractivity contribution is 8.01. The summed E-state index contributed by atoms with van der Waals surface area (Å²) in [6.07, 6.45) is 1.39. The van der Waals surface area contributed by atoms with Crippen molar-refractivity contribution in [1.29, 1.82) is 0 Å². The van der Waals surface area contributed by atoms with E-state index in [-0.39, 0.29) is 11.5 Å². The van der Waals surface area contributed by atoms with Gasteiger partial charge in [0.15, 0.2) is 17.5 Å². The number of thioether (sulfide) groups is 1.